The number of nitrogens with zero attached hydrogens (tertiary/aromatic N) is 1. The molecule has 1 unspecified atom stereocenters. The van der Waals surface area contributed by atoms with Gasteiger partial charge in [-0.2, -0.15) is 0 Å². The molecule has 0 aromatic heterocycles. The fourth-order valence-corrected chi connectivity index (χ4v) is 2.14. The first-order valence-corrected chi connectivity index (χ1v) is 7.00. The molecule has 3 heteroatoms. The predicted octanol–water partition coefficient (Wildman–Crippen LogP) is 3.10. The van der Waals surface area contributed by atoms with Crippen LogP contribution in [0, 0.1) is 5.92 Å². The van der Waals surface area contributed by atoms with Crippen LogP contribution < -0.4 is 4.74 Å². The predicted molar refractivity (Wildman–Crippen MR) is 79.5 cm³/mol. The number of aliphatic hydroxyl groups excluding tert-OH is 1. The van der Waals surface area contributed by atoms with Crippen molar-refractivity contribution in [3.05, 3.63) is 29.8 Å². The Morgan fingerprint density at radius 1 is 1.16 bits per heavy atom. The smallest absolute Gasteiger partial charge is 0.119 e. The standard InChI is InChI=1S/C16H27NO2/c1-12(2)10-17(13(3)4)11-16(18)14-7-6-8-15(9-14)19-5/h6-9,12-13,16,18H,10-11H2,1-5H3. The van der Waals surface area contributed by atoms with Crippen LogP contribution >= 0.6 is 0 Å². The molecule has 0 radical (unpaired) electrons. The van der Waals surface area contributed by atoms with Gasteiger partial charge in [-0.15, -0.1) is 0 Å². The minimum atomic E-state index is -0.476. The van der Waals surface area contributed by atoms with Crippen LogP contribution in [-0.2, 0) is 0 Å². The van der Waals surface area contributed by atoms with Crippen LogP contribution in [0.2, 0.25) is 0 Å². The molecule has 1 aromatic carbocycles. The molecule has 1 atom stereocenters. The zero-order valence-corrected chi connectivity index (χ0v) is 12.8. The summed E-state index contributed by atoms with van der Waals surface area (Å²) in [5.41, 5.74) is 0.911. The Bertz CT molecular complexity index is 377. The Morgan fingerprint density at radius 3 is 2.37 bits per heavy atom. The van der Waals surface area contributed by atoms with E-state index in [1.807, 2.05) is 24.3 Å². The molecule has 3 nitrogen and oxygen atoms in total. The van der Waals surface area contributed by atoms with Crippen molar-refractivity contribution in [1.82, 2.24) is 4.90 Å². The monoisotopic (exact) mass is 265 g/mol. The van der Waals surface area contributed by atoms with Crippen molar-refractivity contribution in [3.63, 3.8) is 0 Å². The van der Waals surface area contributed by atoms with Gasteiger partial charge in [0, 0.05) is 19.1 Å². The summed E-state index contributed by atoms with van der Waals surface area (Å²) in [4.78, 5) is 2.31. The molecule has 0 saturated heterocycles. The van der Waals surface area contributed by atoms with Crippen molar-refractivity contribution in [1.29, 1.82) is 0 Å². The fraction of sp³-hybridized carbons (Fsp3) is 0.625. The molecule has 1 rings (SSSR count). The average molecular weight is 265 g/mol. The number of ether oxygens (including phenoxy) is 1. The number of aliphatic hydroxyl groups is 1. The van der Waals surface area contributed by atoms with E-state index < -0.39 is 6.10 Å². The Morgan fingerprint density at radius 2 is 1.84 bits per heavy atom. The molecular weight excluding hydrogens is 238 g/mol. The molecule has 0 aliphatic rings. The van der Waals surface area contributed by atoms with Gasteiger partial charge in [0.25, 0.3) is 0 Å². The van der Waals surface area contributed by atoms with Crippen LogP contribution in [0.3, 0.4) is 0 Å². The fourth-order valence-electron chi connectivity index (χ4n) is 2.14. The lowest BCUT2D eigenvalue weighted by atomic mass is 10.1. The summed E-state index contributed by atoms with van der Waals surface area (Å²) in [6, 6.07) is 8.09. The highest BCUT2D eigenvalue weighted by Gasteiger charge is 2.17. The van der Waals surface area contributed by atoms with Gasteiger partial charge in [-0.1, -0.05) is 26.0 Å². The summed E-state index contributed by atoms with van der Waals surface area (Å²) >= 11 is 0. The second-order valence-electron chi connectivity index (χ2n) is 5.73. The highest BCUT2D eigenvalue weighted by Crippen LogP contribution is 2.21. The van der Waals surface area contributed by atoms with E-state index >= 15 is 0 Å². The van der Waals surface area contributed by atoms with Crippen molar-refractivity contribution in [2.75, 3.05) is 20.2 Å². The van der Waals surface area contributed by atoms with E-state index in [9.17, 15) is 5.11 Å². The van der Waals surface area contributed by atoms with E-state index in [2.05, 4.69) is 32.6 Å². The highest BCUT2D eigenvalue weighted by atomic mass is 16.5. The van der Waals surface area contributed by atoms with E-state index in [4.69, 9.17) is 4.74 Å². The number of hydrogen-bond donors (Lipinski definition) is 1. The van der Waals surface area contributed by atoms with E-state index in [1.165, 1.54) is 0 Å². The Balaban J connectivity index is 2.72. The van der Waals surface area contributed by atoms with Crippen LogP contribution in [0.25, 0.3) is 0 Å². The lowest BCUT2D eigenvalue weighted by Crippen LogP contribution is -2.37. The quantitative estimate of drug-likeness (QED) is 0.822. The largest absolute Gasteiger partial charge is 0.497 e. The molecule has 108 valence electrons. The number of benzene rings is 1. The highest BCUT2D eigenvalue weighted by molar-refractivity contribution is 5.29. The second kappa shape index (κ2) is 7.51. The molecule has 0 heterocycles. The molecule has 1 aromatic rings. The molecule has 0 saturated carbocycles. The lowest BCUT2D eigenvalue weighted by Gasteiger charge is -2.30. The maximum atomic E-state index is 10.4. The molecular formula is C16H27NO2. The van der Waals surface area contributed by atoms with Crippen LogP contribution in [0.15, 0.2) is 24.3 Å². The number of rotatable bonds is 7. The SMILES string of the molecule is COc1cccc(C(O)CN(CC(C)C)C(C)C)c1. The topological polar surface area (TPSA) is 32.7 Å². The zero-order valence-electron chi connectivity index (χ0n) is 12.8. The summed E-state index contributed by atoms with van der Waals surface area (Å²) in [5, 5.41) is 10.4. The number of hydrogen-bond acceptors (Lipinski definition) is 3. The van der Waals surface area contributed by atoms with Gasteiger partial charge in [0.1, 0.15) is 5.75 Å². The second-order valence-corrected chi connectivity index (χ2v) is 5.73. The van der Waals surface area contributed by atoms with Gasteiger partial charge in [-0.25, -0.2) is 0 Å². The van der Waals surface area contributed by atoms with Gasteiger partial charge in [-0.05, 0) is 37.5 Å². The average Bonchev–Trinajstić information content (AvgIpc) is 2.37. The third-order valence-corrected chi connectivity index (χ3v) is 3.22. The molecule has 0 spiro atoms. The van der Waals surface area contributed by atoms with Gasteiger partial charge in [0.05, 0.1) is 13.2 Å². The summed E-state index contributed by atoms with van der Waals surface area (Å²) in [6.07, 6.45) is -0.476. The maximum absolute atomic E-state index is 10.4. The molecule has 0 fully saturated rings. The third-order valence-electron chi connectivity index (χ3n) is 3.22. The Kier molecular flexibility index (Phi) is 6.32. The van der Waals surface area contributed by atoms with Crippen molar-refractivity contribution >= 4 is 0 Å². The van der Waals surface area contributed by atoms with Gasteiger partial charge in [0.2, 0.25) is 0 Å². The van der Waals surface area contributed by atoms with Gasteiger partial charge >= 0.3 is 0 Å². The van der Waals surface area contributed by atoms with E-state index in [-0.39, 0.29) is 0 Å². The minimum absolute atomic E-state index is 0.433. The summed E-state index contributed by atoms with van der Waals surface area (Å²) in [6.45, 7) is 10.4. The van der Waals surface area contributed by atoms with Gasteiger partial charge in [-0.3, -0.25) is 4.90 Å². The Labute approximate surface area is 117 Å². The van der Waals surface area contributed by atoms with E-state index in [0.717, 1.165) is 17.9 Å². The van der Waals surface area contributed by atoms with Crippen molar-refractivity contribution in [2.24, 2.45) is 5.92 Å². The lowest BCUT2D eigenvalue weighted by molar-refractivity contribution is 0.0876. The number of methoxy groups -OCH3 is 1. The van der Waals surface area contributed by atoms with Crippen LogP contribution in [-0.4, -0.2) is 36.2 Å². The van der Waals surface area contributed by atoms with Gasteiger partial charge in [0.15, 0.2) is 0 Å². The molecule has 0 amide bonds. The normalized spacial score (nSPS) is 13.3. The van der Waals surface area contributed by atoms with E-state index in [0.29, 0.717) is 18.5 Å². The molecule has 0 aliphatic carbocycles. The van der Waals surface area contributed by atoms with Gasteiger partial charge < -0.3 is 9.84 Å². The van der Waals surface area contributed by atoms with Crippen LogP contribution in [0.4, 0.5) is 0 Å². The minimum Gasteiger partial charge on any atom is -0.497 e. The first-order valence-electron chi connectivity index (χ1n) is 7.00. The summed E-state index contributed by atoms with van der Waals surface area (Å²) in [7, 11) is 1.64. The first-order chi connectivity index (χ1) is 8.93. The van der Waals surface area contributed by atoms with Crippen LogP contribution in [0.5, 0.6) is 5.75 Å². The van der Waals surface area contributed by atoms with Crippen molar-refractivity contribution in [2.45, 2.75) is 39.8 Å². The molecule has 1 N–H and O–H groups in total. The van der Waals surface area contributed by atoms with E-state index in [1.54, 1.807) is 7.11 Å². The maximum Gasteiger partial charge on any atom is 0.119 e. The molecule has 19 heavy (non-hydrogen) atoms. The van der Waals surface area contributed by atoms with Crippen LogP contribution in [0.1, 0.15) is 39.4 Å². The Hall–Kier alpha value is -1.06. The molecule has 0 bridgehead atoms. The summed E-state index contributed by atoms with van der Waals surface area (Å²) < 4.78 is 5.20. The van der Waals surface area contributed by atoms with Crippen molar-refractivity contribution < 1.29 is 9.84 Å². The summed E-state index contributed by atoms with van der Waals surface area (Å²) in [5.74, 6) is 1.39. The third kappa shape index (κ3) is 5.21. The van der Waals surface area contributed by atoms with Crippen molar-refractivity contribution in [3.8, 4) is 5.75 Å². The first kappa shape index (κ1) is 16.0. The zero-order chi connectivity index (χ0) is 14.4. The molecule has 0 aliphatic heterocycles.